The van der Waals surface area contributed by atoms with Crippen LogP contribution in [0.15, 0.2) is 53.1 Å². The van der Waals surface area contributed by atoms with E-state index >= 15 is 0 Å². The summed E-state index contributed by atoms with van der Waals surface area (Å²) in [6, 6.07) is 15.7. The molecule has 8 heteroatoms. The predicted octanol–water partition coefficient (Wildman–Crippen LogP) is 4.68. The summed E-state index contributed by atoms with van der Waals surface area (Å²) in [5.41, 5.74) is 2.65. The third-order valence-corrected chi connectivity index (χ3v) is 6.96. The lowest BCUT2D eigenvalue weighted by molar-refractivity contribution is -0.135. The number of nitrogens with zero attached hydrogens (tertiary/aromatic N) is 2. The minimum absolute atomic E-state index is 0.00437. The Labute approximate surface area is 211 Å². The van der Waals surface area contributed by atoms with Crippen molar-refractivity contribution in [2.75, 3.05) is 34.5 Å². The summed E-state index contributed by atoms with van der Waals surface area (Å²) >= 11 is 0. The topological polar surface area (TPSA) is 83.3 Å². The van der Waals surface area contributed by atoms with Crippen LogP contribution in [-0.4, -0.2) is 56.5 Å². The molecule has 1 aromatic heterocycles. The number of ether oxygens (including phenoxy) is 4. The van der Waals surface area contributed by atoms with Gasteiger partial charge >= 0.3 is 0 Å². The molecule has 1 saturated carbocycles. The fourth-order valence-electron chi connectivity index (χ4n) is 4.98. The Morgan fingerprint density at radius 3 is 2.44 bits per heavy atom. The third kappa shape index (κ3) is 5.04. The minimum Gasteiger partial charge on any atom is -0.493 e. The lowest BCUT2D eigenvalue weighted by Crippen LogP contribution is -2.38. The maximum atomic E-state index is 13.6. The zero-order valence-electron chi connectivity index (χ0n) is 20.9. The van der Waals surface area contributed by atoms with Gasteiger partial charge in [-0.1, -0.05) is 35.5 Å². The SMILES string of the molecule is COc1cc(-c2cc(CN(CC3CCCO3)C(=O)C3C[C@H]3c3ccccc3)no2)cc(OC)c1OC. The first-order chi connectivity index (χ1) is 17.6. The van der Waals surface area contributed by atoms with Crippen molar-refractivity contribution in [1.29, 1.82) is 0 Å². The maximum Gasteiger partial charge on any atom is 0.226 e. The molecule has 1 aliphatic carbocycles. The lowest BCUT2D eigenvalue weighted by atomic mass is 10.1. The quantitative estimate of drug-likeness (QED) is 0.406. The fraction of sp³-hybridized carbons (Fsp3) is 0.429. The van der Waals surface area contributed by atoms with Crippen LogP contribution in [0.3, 0.4) is 0 Å². The molecule has 2 aromatic carbocycles. The highest BCUT2D eigenvalue weighted by atomic mass is 16.5. The average molecular weight is 493 g/mol. The summed E-state index contributed by atoms with van der Waals surface area (Å²) < 4.78 is 27.9. The van der Waals surface area contributed by atoms with Gasteiger partial charge in [0.2, 0.25) is 11.7 Å². The van der Waals surface area contributed by atoms with Gasteiger partial charge in [-0.3, -0.25) is 4.79 Å². The standard InChI is InChI=1S/C28H32N2O6/c1-32-25-12-19(13-26(33-2)27(25)34-3)24-14-20(29-36-24)16-30(17-21-10-7-11-35-21)28(31)23-15-22(23)18-8-5-4-6-9-18/h4-6,8-9,12-14,21-23H,7,10-11,15-17H2,1-3H3/t21?,22-,23?/m0/s1. The van der Waals surface area contributed by atoms with Gasteiger partial charge in [0.15, 0.2) is 17.3 Å². The second-order valence-corrected chi connectivity index (χ2v) is 9.31. The van der Waals surface area contributed by atoms with E-state index in [0.717, 1.165) is 31.4 Å². The molecule has 3 aromatic rings. The Morgan fingerprint density at radius 2 is 1.81 bits per heavy atom. The summed E-state index contributed by atoms with van der Waals surface area (Å²) in [5.74, 6) is 2.54. The molecule has 0 N–H and O–H groups in total. The van der Waals surface area contributed by atoms with Crippen LogP contribution in [0, 0.1) is 5.92 Å². The molecule has 1 amide bonds. The van der Waals surface area contributed by atoms with E-state index in [2.05, 4.69) is 17.3 Å². The van der Waals surface area contributed by atoms with Crippen LogP contribution in [0.2, 0.25) is 0 Å². The van der Waals surface area contributed by atoms with E-state index in [1.54, 1.807) is 21.3 Å². The zero-order chi connectivity index (χ0) is 25.1. The van der Waals surface area contributed by atoms with E-state index in [-0.39, 0.29) is 23.8 Å². The largest absolute Gasteiger partial charge is 0.493 e. The number of hydrogen-bond acceptors (Lipinski definition) is 7. The Kier molecular flexibility index (Phi) is 7.13. The smallest absolute Gasteiger partial charge is 0.226 e. The molecule has 2 aliphatic rings. The molecule has 8 nitrogen and oxygen atoms in total. The van der Waals surface area contributed by atoms with Gasteiger partial charge in [0, 0.05) is 30.7 Å². The van der Waals surface area contributed by atoms with Crippen molar-refractivity contribution in [3.8, 4) is 28.6 Å². The van der Waals surface area contributed by atoms with Crippen molar-refractivity contribution in [2.24, 2.45) is 5.92 Å². The number of aromatic nitrogens is 1. The van der Waals surface area contributed by atoms with Gasteiger partial charge in [0.25, 0.3) is 0 Å². The molecule has 0 bridgehead atoms. The molecule has 1 saturated heterocycles. The minimum atomic E-state index is -0.00437. The molecule has 3 atom stereocenters. The molecule has 36 heavy (non-hydrogen) atoms. The Morgan fingerprint density at radius 1 is 1.06 bits per heavy atom. The number of methoxy groups -OCH3 is 3. The maximum absolute atomic E-state index is 13.6. The van der Waals surface area contributed by atoms with Crippen LogP contribution in [0.25, 0.3) is 11.3 Å². The van der Waals surface area contributed by atoms with Crippen LogP contribution in [0.5, 0.6) is 17.2 Å². The molecule has 0 spiro atoms. The first kappa shape index (κ1) is 24.2. The number of rotatable bonds is 10. The first-order valence-electron chi connectivity index (χ1n) is 12.3. The van der Waals surface area contributed by atoms with E-state index in [0.29, 0.717) is 41.8 Å². The summed E-state index contributed by atoms with van der Waals surface area (Å²) in [7, 11) is 4.71. The number of carbonyl (C=O) groups excluding carboxylic acids is 1. The van der Waals surface area contributed by atoms with Crippen molar-refractivity contribution in [3.05, 3.63) is 59.8 Å². The molecule has 190 valence electrons. The second-order valence-electron chi connectivity index (χ2n) is 9.31. The lowest BCUT2D eigenvalue weighted by Gasteiger charge is -2.25. The number of amides is 1. The highest BCUT2D eigenvalue weighted by Crippen LogP contribution is 2.48. The number of carbonyl (C=O) groups is 1. The Balaban J connectivity index is 1.35. The van der Waals surface area contributed by atoms with Gasteiger partial charge in [0.05, 0.1) is 34.0 Å². The van der Waals surface area contributed by atoms with Crippen molar-refractivity contribution in [1.82, 2.24) is 10.1 Å². The molecule has 1 aliphatic heterocycles. The Hall–Kier alpha value is -3.52. The summed E-state index contributed by atoms with van der Waals surface area (Å²) in [6.45, 7) is 1.67. The Bertz CT molecular complexity index is 1160. The van der Waals surface area contributed by atoms with Crippen LogP contribution >= 0.6 is 0 Å². The number of benzene rings is 2. The summed E-state index contributed by atoms with van der Waals surface area (Å²) in [5, 5.41) is 4.28. The van der Waals surface area contributed by atoms with Gasteiger partial charge in [-0.25, -0.2) is 0 Å². The third-order valence-electron chi connectivity index (χ3n) is 6.96. The van der Waals surface area contributed by atoms with Crippen LogP contribution in [-0.2, 0) is 16.1 Å². The normalized spacial score (nSPS) is 20.7. The molecule has 5 rings (SSSR count). The van der Waals surface area contributed by atoms with Crippen LogP contribution < -0.4 is 14.2 Å². The molecule has 2 fully saturated rings. The van der Waals surface area contributed by atoms with Gasteiger partial charge in [0.1, 0.15) is 5.69 Å². The van der Waals surface area contributed by atoms with E-state index in [1.807, 2.05) is 41.3 Å². The molecular weight excluding hydrogens is 460 g/mol. The van der Waals surface area contributed by atoms with Crippen molar-refractivity contribution < 1.29 is 28.3 Å². The van der Waals surface area contributed by atoms with E-state index in [1.165, 1.54) is 5.56 Å². The fourth-order valence-corrected chi connectivity index (χ4v) is 4.98. The summed E-state index contributed by atoms with van der Waals surface area (Å²) in [4.78, 5) is 15.5. The molecular formula is C28H32N2O6. The number of hydrogen-bond donors (Lipinski definition) is 0. The predicted molar refractivity (Wildman–Crippen MR) is 133 cm³/mol. The highest BCUT2D eigenvalue weighted by molar-refractivity contribution is 5.83. The van der Waals surface area contributed by atoms with E-state index in [9.17, 15) is 4.79 Å². The van der Waals surface area contributed by atoms with Gasteiger partial charge < -0.3 is 28.4 Å². The molecule has 2 heterocycles. The summed E-state index contributed by atoms with van der Waals surface area (Å²) in [6.07, 6.45) is 2.93. The van der Waals surface area contributed by atoms with Gasteiger partial charge in [-0.2, -0.15) is 0 Å². The van der Waals surface area contributed by atoms with Crippen molar-refractivity contribution >= 4 is 5.91 Å². The zero-order valence-corrected chi connectivity index (χ0v) is 20.9. The highest BCUT2D eigenvalue weighted by Gasteiger charge is 2.46. The van der Waals surface area contributed by atoms with Gasteiger partial charge in [-0.15, -0.1) is 0 Å². The second kappa shape index (κ2) is 10.6. The molecule has 2 unspecified atom stereocenters. The van der Waals surface area contributed by atoms with E-state index < -0.39 is 0 Å². The van der Waals surface area contributed by atoms with Gasteiger partial charge in [-0.05, 0) is 42.9 Å². The first-order valence-corrected chi connectivity index (χ1v) is 12.3. The van der Waals surface area contributed by atoms with Crippen LogP contribution in [0.4, 0.5) is 0 Å². The van der Waals surface area contributed by atoms with Crippen molar-refractivity contribution in [2.45, 2.75) is 37.8 Å². The average Bonchev–Trinajstić information content (AvgIpc) is 3.29. The van der Waals surface area contributed by atoms with Crippen LogP contribution in [0.1, 0.15) is 36.4 Å². The monoisotopic (exact) mass is 492 g/mol. The molecule has 0 radical (unpaired) electrons. The van der Waals surface area contributed by atoms with E-state index in [4.69, 9.17) is 23.5 Å². The van der Waals surface area contributed by atoms with Crippen molar-refractivity contribution in [3.63, 3.8) is 0 Å².